The number of fused-ring (bicyclic) bond motifs is 1. The molecule has 130 valence electrons. The lowest BCUT2D eigenvalue weighted by Crippen LogP contribution is -2.43. The molecule has 24 heavy (non-hydrogen) atoms. The smallest absolute Gasteiger partial charge is 0.321 e. The Labute approximate surface area is 143 Å². The van der Waals surface area contributed by atoms with E-state index in [-0.39, 0.29) is 5.75 Å². The Hall–Kier alpha value is -2.42. The molecule has 0 saturated heterocycles. The highest BCUT2D eigenvalue weighted by Gasteiger charge is 2.20. The van der Waals surface area contributed by atoms with Crippen LogP contribution in [0.5, 0.6) is 11.5 Å². The van der Waals surface area contributed by atoms with Gasteiger partial charge in [-0.15, -0.1) is 11.8 Å². The third-order valence-corrected chi connectivity index (χ3v) is 3.98. The van der Waals surface area contributed by atoms with Gasteiger partial charge in [-0.1, -0.05) is 0 Å². The van der Waals surface area contributed by atoms with Crippen molar-refractivity contribution < 1.29 is 28.6 Å². The number of thioether (sulfide) groups is 1. The van der Waals surface area contributed by atoms with Crippen LogP contribution in [0.2, 0.25) is 0 Å². The highest BCUT2D eigenvalue weighted by Crippen LogP contribution is 2.34. The number of carbonyl (C=O) groups is 3. The first-order valence-corrected chi connectivity index (χ1v) is 8.22. The second kappa shape index (κ2) is 8.44. The lowest BCUT2D eigenvalue weighted by atomic mass is 10.3. The fourth-order valence-electron chi connectivity index (χ4n) is 1.82. The van der Waals surface area contributed by atoms with Gasteiger partial charge in [-0.3, -0.25) is 14.9 Å². The molecule has 8 nitrogen and oxygen atoms in total. The summed E-state index contributed by atoms with van der Waals surface area (Å²) in [5, 5.41) is 4.28. The molecule has 1 aromatic rings. The van der Waals surface area contributed by atoms with Gasteiger partial charge < -0.3 is 19.5 Å². The molecule has 0 aliphatic carbocycles. The molecule has 1 aliphatic rings. The minimum absolute atomic E-state index is 0.0250. The number of carbonyl (C=O) groups excluding carboxylic acids is 3. The first-order valence-electron chi connectivity index (χ1n) is 7.24. The monoisotopic (exact) mass is 354 g/mol. The average Bonchev–Trinajstić information content (AvgIpc) is 2.59. The van der Waals surface area contributed by atoms with Gasteiger partial charge in [-0.05, 0) is 25.1 Å². The van der Waals surface area contributed by atoms with Crippen molar-refractivity contribution in [2.75, 3.05) is 26.0 Å². The summed E-state index contributed by atoms with van der Waals surface area (Å²) in [6.45, 7) is 2.40. The van der Waals surface area contributed by atoms with Crippen molar-refractivity contribution >= 4 is 29.7 Å². The van der Waals surface area contributed by atoms with Crippen LogP contribution in [0.4, 0.5) is 4.79 Å². The summed E-state index contributed by atoms with van der Waals surface area (Å²) in [6.07, 6.45) is -1.06. The molecule has 0 radical (unpaired) electrons. The zero-order valence-electron chi connectivity index (χ0n) is 13.3. The van der Waals surface area contributed by atoms with Crippen LogP contribution >= 0.6 is 11.8 Å². The van der Waals surface area contributed by atoms with E-state index in [0.717, 1.165) is 4.90 Å². The molecule has 2 N–H and O–H groups in total. The summed E-state index contributed by atoms with van der Waals surface area (Å²) in [7, 11) is 1.38. The molecular weight excluding hydrogens is 336 g/mol. The minimum Gasteiger partial charge on any atom is -0.486 e. The van der Waals surface area contributed by atoms with Crippen molar-refractivity contribution in [2.24, 2.45) is 0 Å². The Morgan fingerprint density at radius 2 is 1.96 bits per heavy atom. The number of benzene rings is 1. The number of rotatable bonds is 5. The SMILES string of the molecule is CNC(=O)NC(=O)[C@@H](C)OC(=O)CSc1ccc2c(c1)OCCO2. The molecule has 0 unspecified atom stereocenters. The van der Waals surface area contributed by atoms with E-state index in [1.807, 2.05) is 11.4 Å². The zero-order valence-corrected chi connectivity index (χ0v) is 14.1. The van der Waals surface area contributed by atoms with Crippen molar-refractivity contribution in [1.29, 1.82) is 0 Å². The van der Waals surface area contributed by atoms with Crippen LogP contribution in [0.25, 0.3) is 0 Å². The quantitative estimate of drug-likeness (QED) is 0.599. The van der Waals surface area contributed by atoms with Crippen LogP contribution in [-0.2, 0) is 14.3 Å². The van der Waals surface area contributed by atoms with Gasteiger partial charge in [0.05, 0.1) is 5.75 Å². The van der Waals surface area contributed by atoms with E-state index in [4.69, 9.17) is 14.2 Å². The Morgan fingerprint density at radius 3 is 2.67 bits per heavy atom. The highest BCUT2D eigenvalue weighted by atomic mass is 32.2. The summed E-state index contributed by atoms with van der Waals surface area (Å²) < 4.78 is 15.9. The zero-order chi connectivity index (χ0) is 17.5. The average molecular weight is 354 g/mol. The van der Waals surface area contributed by atoms with Crippen LogP contribution in [0.15, 0.2) is 23.1 Å². The number of hydrogen-bond donors (Lipinski definition) is 2. The maximum absolute atomic E-state index is 11.8. The van der Waals surface area contributed by atoms with Crippen molar-refractivity contribution in [3.05, 3.63) is 18.2 Å². The first-order chi connectivity index (χ1) is 11.5. The lowest BCUT2D eigenvalue weighted by molar-refractivity contribution is -0.151. The maximum Gasteiger partial charge on any atom is 0.321 e. The van der Waals surface area contributed by atoms with Crippen LogP contribution in [0.3, 0.4) is 0 Å². The van der Waals surface area contributed by atoms with Crippen LogP contribution < -0.4 is 20.1 Å². The molecule has 9 heteroatoms. The number of nitrogens with one attached hydrogen (secondary N) is 2. The van der Waals surface area contributed by atoms with Crippen LogP contribution in [0.1, 0.15) is 6.92 Å². The summed E-state index contributed by atoms with van der Waals surface area (Å²) in [5.74, 6) is 0.0872. The molecule has 0 aromatic heterocycles. The number of imide groups is 1. The Morgan fingerprint density at radius 1 is 1.25 bits per heavy atom. The molecule has 3 amide bonds. The van der Waals surface area contributed by atoms with Gasteiger partial charge >= 0.3 is 12.0 Å². The third-order valence-electron chi connectivity index (χ3n) is 3.01. The number of hydrogen-bond acceptors (Lipinski definition) is 7. The molecular formula is C15H18N2O6S. The minimum atomic E-state index is -1.06. The number of amides is 3. The summed E-state index contributed by atoms with van der Waals surface area (Å²) in [6, 6.07) is 4.72. The predicted molar refractivity (Wildman–Crippen MR) is 86.3 cm³/mol. The maximum atomic E-state index is 11.8. The molecule has 1 heterocycles. The fraction of sp³-hybridized carbons (Fsp3) is 0.400. The second-order valence-electron chi connectivity index (χ2n) is 4.79. The van der Waals surface area contributed by atoms with Gasteiger partial charge in [0.1, 0.15) is 13.2 Å². The standard InChI is InChI=1S/C15H18N2O6S/c1-9(14(19)17-15(20)16-2)23-13(18)8-24-10-3-4-11-12(7-10)22-6-5-21-11/h3-4,7,9H,5-6,8H2,1-2H3,(H2,16,17,19,20)/t9-/m1/s1. The first kappa shape index (κ1) is 17.9. The number of urea groups is 1. The van der Waals surface area contributed by atoms with Gasteiger partial charge in [-0.2, -0.15) is 0 Å². The fourth-order valence-corrected chi connectivity index (χ4v) is 2.52. The van der Waals surface area contributed by atoms with Gasteiger partial charge in [0.2, 0.25) is 0 Å². The van der Waals surface area contributed by atoms with Gasteiger partial charge in [0, 0.05) is 11.9 Å². The van der Waals surface area contributed by atoms with Crippen LogP contribution in [0, 0.1) is 0 Å². The molecule has 1 atom stereocenters. The Balaban J connectivity index is 1.80. The van der Waals surface area contributed by atoms with Crippen molar-refractivity contribution in [3.8, 4) is 11.5 Å². The van der Waals surface area contributed by atoms with E-state index >= 15 is 0 Å². The van der Waals surface area contributed by atoms with E-state index in [9.17, 15) is 14.4 Å². The molecule has 0 bridgehead atoms. The van der Waals surface area contributed by atoms with Gasteiger partial charge in [0.25, 0.3) is 5.91 Å². The van der Waals surface area contributed by atoms with E-state index in [2.05, 4.69) is 5.32 Å². The van der Waals surface area contributed by atoms with E-state index < -0.39 is 24.0 Å². The van der Waals surface area contributed by atoms with Crippen molar-refractivity contribution in [1.82, 2.24) is 10.6 Å². The number of esters is 1. The Bertz CT molecular complexity index is 636. The summed E-state index contributed by atoms with van der Waals surface area (Å²) in [5.41, 5.74) is 0. The molecule has 0 saturated carbocycles. The van der Waals surface area contributed by atoms with E-state index in [0.29, 0.717) is 24.7 Å². The van der Waals surface area contributed by atoms with E-state index in [1.165, 1.54) is 25.7 Å². The lowest BCUT2D eigenvalue weighted by Gasteiger charge is -2.18. The van der Waals surface area contributed by atoms with Crippen molar-refractivity contribution in [3.63, 3.8) is 0 Å². The van der Waals surface area contributed by atoms with E-state index in [1.54, 1.807) is 12.1 Å². The topological polar surface area (TPSA) is 103 Å². The highest BCUT2D eigenvalue weighted by molar-refractivity contribution is 8.00. The normalized spacial score (nSPS) is 13.6. The Kier molecular flexibility index (Phi) is 6.30. The number of ether oxygens (including phenoxy) is 3. The van der Waals surface area contributed by atoms with Gasteiger partial charge in [0.15, 0.2) is 17.6 Å². The molecule has 0 fully saturated rings. The van der Waals surface area contributed by atoms with Gasteiger partial charge in [-0.25, -0.2) is 4.79 Å². The van der Waals surface area contributed by atoms with Crippen LogP contribution in [-0.4, -0.2) is 50.0 Å². The molecule has 0 spiro atoms. The third kappa shape index (κ3) is 5.05. The largest absolute Gasteiger partial charge is 0.486 e. The predicted octanol–water partition coefficient (Wildman–Crippen LogP) is 0.937. The summed E-state index contributed by atoms with van der Waals surface area (Å²) >= 11 is 1.25. The molecule has 1 aromatic carbocycles. The molecule has 2 rings (SSSR count). The molecule has 1 aliphatic heterocycles. The van der Waals surface area contributed by atoms with Crippen molar-refractivity contribution in [2.45, 2.75) is 17.9 Å². The summed E-state index contributed by atoms with van der Waals surface area (Å²) in [4.78, 5) is 35.2. The second-order valence-corrected chi connectivity index (χ2v) is 5.84.